The second-order valence-electron chi connectivity index (χ2n) is 9.93. The molecule has 9 nitrogen and oxygen atoms in total. The van der Waals surface area contributed by atoms with E-state index in [-0.39, 0.29) is 12.8 Å². The predicted molar refractivity (Wildman–Crippen MR) is 122 cm³/mol. The molecule has 178 valence electrons. The van der Waals surface area contributed by atoms with Crippen molar-refractivity contribution in [3.05, 3.63) is 29.3 Å². The van der Waals surface area contributed by atoms with E-state index in [4.69, 9.17) is 4.84 Å². The summed E-state index contributed by atoms with van der Waals surface area (Å²) in [6, 6.07) is 6.61. The number of anilines is 1. The lowest BCUT2D eigenvalue weighted by Gasteiger charge is -2.36. The number of aryl methyl sites for hydroxylation is 1. The minimum Gasteiger partial charge on any atom is -0.368 e. The lowest BCUT2D eigenvalue weighted by molar-refractivity contribution is -0.173. The second kappa shape index (κ2) is 8.95. The average molecular weight is 456 g/mol. The van der Waals surface area contributed by atoms with Crippen LogP contribution in [0.4, 0.5) is 10.5 Å². The van der Waals surface area contributed by atoms with Gasteiger partial charge in [-0.3, -0.25) is 14.5 Å². The molecule has 0 aromatic heterocycles. The van der Waals surface area contributed by atoms with Gasteiger partial charge in [-0.1, -0.05) is 18.2 Å². The minimum absolute atomic E-state index is 0.113. The van der Waals surface area contributed by atoms with Crippen molar-refractivity contribution in [2.24, 2.45) is 11.8 Å². The summed E-state index contributed by atoms with van der Waals surface area (Å²) in [7, 11) is 2.18. The van der Waals surface area contributed by atoms with Gasteiger partial charge in [0.2, 0.25) is 0 Å². The number of para-hydroxylation sites is 1. The van der Waals surface area contributed by atoms with Gasteiger partial charge in [0.15, 0.2) is 0 Å². The topological polar surface area (TPSA) is 76.6 Å². The minimum atomic E-state index is -0.587. The number of rotatable bonds is 4. The van der Waals surface area contributed by atoms with Crippen LogP contribution in [-0.2, 0) is 21.0 Å². The lowest BCUT2D eigenvalue weighted by Crippen LogP contribution is -2.45. The van der Waals surface area contributed by atoms with Crippen LogP contribution < -0.4 is 4.90 Å². The number of fused-ring (bicyclic) bond motifs is 1. The van der Waals surface area contributed by atoms with Crippen LogP contribution in [0.25, 0.3) is 0 Å². The van der Waals surface area contributed by atoms with E-state index in [0.717, 1.165) is 45.8 Å². The van der Waals surface area contributed by atoms with E-state index < -0.39 is 17.9 Å². The molecule has 1 aromatic rings. The van der Waals surface area contributed by atoms with Gasteiger partial charge in [-0.05, 0) is 36.9 Å². The Bertz CT molecular complexity index is 915. The first-order chi connectivity index (χ1) is 15.9. The quantitative estimate of drug-likeness (QED) is 0.634. The zero-order valence-corrected chi connectivity index (χ0v) is 19.5. The highest BCUT2D eigenvalue weighted by atomic mass is 16.7. The summed E-state index contributed by atoms with van der Waals surface area (Å²) in [4.78, 5) is 50.1. The largest absolute Gasteiger partial charge is 0.434 e. The third-order valence-electron chi connectivity index (χ3n) is 7.53. The van der Waals surface area contributed by atoms with Gasteiger partial charge in [0.25, 0.3) is 11.8 Å². The molecule has 0 aliphatic carbocycles. The average Bonchev–Trinajstić information content (AvgIpc) is 3.44. The molecule has 0 radical (unpaired) electrons. The number of hydroxylamine groups is 2. The van der Waals surface area contributed by atoms with Crippen molar-refractivity contribution in [2.45, 2.75) is 26.3 Å². The van der Waals surface area contributed by atoms with Crippen LogP contribution in [0.2, 0.25) is 0 Å². The summed E-state index contributed by atoms with van der Waals surface area (Å²) in [5.74, 6) is -0.0969. The van der Waals surface area contributed by atoms with Gasteiger partial charge in [0, 0.05) is 77.4 Å². The molecule has 0 spiro atoms. The van der Waals surface area contributed by atoms with Gasteiger partial charge in [-0.25, -0.2) is 4.79 Å². The van der Waals surface area contributed by atoms with Crippen molar-refractivity contribution >= 4 is 23.6 Å². The summed E-state index contributed by atoms with van der Waals surface area (Å²) in [6.07, 6.45) is -0.362. The molecule has 4 saturated heterocycles. The SMILES string of the molecule is Cc1cccc(CN2CC3CN(C(=O)ON4C(=O)CCC4=O)CC3C2)c1N1CCN(C)CC1. The molecule has 4 aliphatic heterocycles. The molecule has 4 heterocycles. The fourth-order valence-corrected chi connectivity index (χ4v) is 5.73. The van der Waals surface area contributed by atoms with Crippen LogP contribution in [0.15, 0.2) is 18.2 Å². The highest BCUT2D eigenvalue weighted by Gasteiger charge is 2.43. The Morgan fingerprint density at radius 2 is 1.61 bits per heavy atom. The molecule has 0 bridgehead atoms. The highest BCUT2D eigenvalue weighted by molar-refractivity contribution is 6.01. The summed E-state index contributed by atoms with van der Waals surface area (Å²) in [6.45, 7) is 10.5. The number of imide groups is 1. The molecule has 2 unspecified atom stereocenters. The maximum atomic E-state index is 12.5. The molecule has 9 heteroatoms. The van der Waals surface area contributed by atoms with E-state index in [9.17, 15) is 14.4 Å². The summed E-state index contributed by atoms with van der Waals surface area (Å²) in [5.41, 5.74) is 4.09. The molecule has 5 rings (SSSR count). The molecule has 0 N–H and O–H groups in total. The second-order valence-corrected chi connectivity index (χ2v) is 9.93. The molecule has 1 aromatic carbocycles. The van der Waals surface area contributed by atoms with Gasteiger partial charge < -0.3 is 19.5 Å². The van der Waals surface area contributed by atoms with Crippen molar-refractivity contribution < 1.29 is 19.2 Å². The Labute approximate surface area is 194 Å². The van der Waals surface area contributed by atoms with Gasteiger partial charge in [-0.2, -0.15) is 0 Å². The number of carbonyl (C=O) groups is 3. The predicted octanol–water partition coefficient (Wildman–Crippen LogP) is 1.31. The molecule has 4 fully saturated rings. The summed E-state index contributed by atoms with van der Waals surface area (Å²) >= 11 is 0. The van der Waals surface area contributed by atoms with Gasteiger partial charge >= 0.3 is 6.09 Å². The molecular weight excluding hydrogens is 422 g/mol. The summed E-state index contributed by atoms with van der Waals surface area (Å²) in [5, 5.41) is 0.639. The number of benzene rings is 1. The first-order valence-electron chi connectivity index (χ1n) is 12.0. The normalized spacial score (nSPS) is 26.4. The Hall–Kier alpha value is -2.65. The standard InChI is InChI=1S/C24H33N5O4/c1-17-4-3-5-18(23(17)27-10-8-25(2)9-11-27)12-26-13-19-15-28(16-20(19)14-26)24(32)33-29-21(30)6-7-22(29)31/h3-5,19-20H,6-16H2,1-2H3. The smallest absolute Gasteiger partial charge is 0.368 e. The van der Waals surface area contributed by atoms with E-state index in [0.29, 0.717) is 30.0 Å². The van der Waals surface area contributed by atoms with Crippen LogP contribution in [0, 0.1) is 18.8 Å². The number of carbonyl (C=O) groups excluding carboxylic acids is 3. The van der Waals surface area contributed by atoms with Crippen molar-refractivity contribution in [1.29, 1.82) is 0 Å². The van der Waals surface area contributed by atoms with E-state index in [1.54, 1.807) is 4.90 Å². The van der Waals surface area contributed by atoms with E-state index in [1.165, 1.54) is 16.8 Å². The number of nitrogens with zero attached hydrogens (tertiary/aromatic N) is 5. The monoisotopic (exact) mass is 455 g/mol. The number of amides is 3. The molecule has 33 heavy (non-hydrogen) atoms. The molecular formula is C24H33N5O4. The number of hydrogen-bond donors (Lipinski definition) is 0. The summed E-state index contributed by atoms with van der Waals surface area (Å²) < 4.78 is 0. The van der Waals surface area contributed by atoms with Gasteiger partial charge in [-0.15, -0.1) is 5.06 Å². The van der Waals surface area contributed by atoms with E-state index in [1.807, 2.05) is 0 Å². The maximum absolute atomic E-state index is 12.5. The fourth-order valence-electron chi connectivity index (χ4n) is 5.73. The van der Waals surface area contributed by atoms with Crippen LogP contribution in [-0.4, -0.2) is 97.1 Å². The van der Waals surface area contributed by atoms with Gasteiger partial charge in [0.1, 0.15) is 0 Å². The van der Waals surface area contributed by atoms with E-state index >= 15 is 0 Å². The Kier molecular flexibility index (Phi) is 6.01. The molecule has 2 atom stereocenters. The van der Waals surface area contributed by atoms with Crippen LogP contribution in [0.3, 0.4) is 0 Å². The number of likely N-dealkylation sites (N-methyl/N-ethyl adjacent to an activating group) is 1. The van der Waals surface area contributed by atoms with Crippen molar-refractivity contribution in [1.82, 2.24) is 19.8 Å². The fraction of sp³-hybridized carbons (Fsp3) is 0.625. The van der Waals surface area contributed by atoms with E-state index in [2.05, 4.69) is 46.9 Å². The number of likely N-dealkylation sites (tertiary alicyclic amines) is 2. The molecule has 3 amide bonds. The zero-order chi connectivity index (χ0) is 23.1. The van der Waals surface area contributed by atoms with Crippen LogP contribution in [0.1, 0.15) is 24.0 Å². The van der Waals surface area contributed by atoms with Gasteiger partial charge in [0.05, 0.1) is 0 Å². The van der Waals surface area contributed by atoms with Crippen molar-refractivity contribution in [3.63, 3.8) is 0 Å². The first-order valence-corrected chi connectivity index (χ1v) is 12.0. The molecule has 0 saturated carbocycles. The lowest BCUT2D eigenvalue weighted by atomic mass is 10.0. The third kappa shape index (κ3) is 4.44. The van der Waals surface area contributed by atoms with Crippen LogP contribution >= 0.6 is 0 Å². The maximum Gasteiger partial charge on any atom is 0.434 e. The number of piperazine rings is 1. The third-order valence-corrected chi connectivity index (χ3v) is 7.53. The highest BCUT2D eigenvalue weighted by Crippen LogP contribution is 2.34. The Morgan fingerprint density at radius 1 is 0.970 bits per heavy atom. The first kappa shape index (κ1) is 22.2. The Balaban J connectivity index is 1.18. The Morgan fingerprint density at radius 3 is 2.24 bits per heavy atom. The molecule has 4 aliphatic rings. The van der Waals surface area contributed by atoms with Crippen molar-refractivity contribution in [2.75, 3.05) is 64.3 Å². The zero-order valence-electron chi connectivity index (χ0n) is 19.5. The number of hydrogen-bond acceptors (Lipinski definition) is 7. The van der Waals surface area contributed by atoms with Crippen LogP contribution in [0.5, 0.6) is 0 Å². The van der Waals surface area contributed by atoms with Crippen molar-refractivity contribution in [3.8, 4) is 0 Å².